The number of hydrogen-bond acceptors (Lipinski definition) is 5. The van der Waals surface area contributed by atoms with E-state index in [-0.39, 0.29) is 24.4 Å². The number of amides is 1. The smallest absolute Gasteiger partial charge is 0.307 e. The Bertz CT molecular complexity index is 995. The van der Waals surface area contributed by atoms with Crippen LogP contribution in [-0.4, -0.2) is 29.5 Å². The first-order chi connectivity index (χ1) is 14.3. The molecule has 1 aliphatic rings. The van der Waals surface area contributed by atoms with Crippen LogP contribution in [0.25, 0.3) is 0 Å². The molecule has 0 radical (unpaired) electrons. The SMILES string of the molecule is CC(=O)c1ccccc1NC(=O)[C@H](C)OC(=O)CCC(=O)c1ccc2c(c1)CCC2. The summed E-state index contributed by atoms with van der Waals surface area (Å²) in [5, 5.41) is 2.61. The number of nitrogens with one attached hydrogen (secondary N) is 1. The number of esters is 1. The molecule has 0 bridgehead atoms. The summed E-state index contributed by atoms with van der Waals surface area (Å²) >= 11 is 0. The van der Waals surface area contributed by atoms with Gasteiger partial charge in [0.1, 0.15) is 0 Å². The fourth-order valence-electron chi connectivity index (χ4n) is 3.55. The molecule has 3 rings (SSSR count). The summed E-state index contributed by atoms with van der Waals surface area (Å²) in [5.41, 5.74) is 3.85. The Morgan fingerprint density at radius 2 is 1.73 bits per heavy atom. The van der Waals surface area contributed by atoms with Crippen LogP contribution in [0, 0.1) is 0 Å². The van der Waals surface area contributed by atoms with Crippen molar-refractivity contribution >= 4 is 29.1 Å². The van der Waals surface area contributed by atoms with Crippen molar-refractivity contribution in [3.05, 3.63) is 64.7 Å². The summed E-state index contributed by atoms with van der Waals surface area (Å²) in [4.78, 5) is 48.5. The number of para-hydroxylation sites is 1. The lowest BCUT2D eigenvalue weighted by molar-refractivity contribution is -0.153. The van der Waals surface area contributed by atoms with E-state index in [1.165, 1.54) is 25.0 Å². The zero-order valence-electron chi connectivity index (χ0n) is 17.2. The second-order valence-electron chi connectivity index (χ2n) is 7.48. The van der Waals surface area contributed by atoms with Crippen molar-refractivity contribution in [3.63, 3.8) is 0 Å². The Balaban J connectivity index is 1.50. The fraction of sp³-hybridized carbons (Fsp3) is 0.333. The summed E-state index contributed by atoms with van der Waals surface area (Å²) in [7, 11) is 0. The molecule has 0 spiro atoms. The van der Waals surface area contributed by atoms with Gasteiger partial charge in [0.05, 0.1) is 12.1 Å². The van der Waals surface area contributed by atoms with Crippen LogP contribution >= 0.6 is 0 Å². The van der Waals surface area contributed by atoms with Gasteiger partial charge in [-0.25, -0.2) is 0 Å². The zero-order chi connectivity index (χ0) is 21.7. The molecule has 1 amide bonds. The number of anilines is 1. The van der Waals surface area contributed by atoms with Gasteiger partial charge in [0.15, 0.2) is 17.7 Å². The van der Waals surface area contributed by atoms with Crippen molar-refractivity contribution < 1.29 is 23.9 Å². The molecule has 1 aliphatic carbocycles. The molecule has 0 saturated heterocycles. The lowest BCUT2D eigenvalue weighted by Crippen LogP contribution is -2.30. The first kappa shape index (κ1) is 21.4. The normalized spacial score (nSPS) is 13.3. The van der Waals surface area contributed by atoms with E-state index in [2.05, 4.69) is 5.32 Å². The number of benzene rings is 2. The Morgan fingerprint density at radius 1 is 1.00 bits per heavy atom. The van der Waals surface area contributed by atoms with Crippen molar-refractivity contribution in [3.8, 4) is 0 Å². The van der Waals surface area contributed by atoms with E-state index in [0.29, 0.717) is 16.8 Å². The minimum Gasteiger partial charge on any atom is -0.453 e. The number of Topliss-reactive ketones (excluding diaryl/α,β-unsaturated/α-hetero) is 2. The van der Waals surface area contributed by atoms with Gasteiger partial charge in [-0.05, 0) is 62.4 Å². The second-order valence-corrected chi connectivity index (χ2v) is 7.48. The fourth-order valence-corrected chi connectivity index (χ4v) is 3.55. The first-order valence-electron chi connectivity index (χ1n) is 10.1. The Morgan fingerprint density at radius 3 is 2.50 bits per heavy atom. The van der Waals surface area contributed by atoms with Crippen LogP contribution in [0.2, 0.25) is 0 Å². The van der Waals surface area contributed by atoms with Crippen LogP contribution in [0.1, 0.15) is 65.0 Å². The second kappa shape index (κ2) is 9.48. The molecule has 2 aromatic rings. The van der Waals surface area contributed by atoms with E-state index in [0.717, 1.165) is 19.3 Å². The van der Waals surface area contributed by atoms with E-state index >= 15 is 0 Å². The van der Waals surface area contributed by atoms with Crippen LogP contribution < -0.4 is 5.32 Å². The number of aryl methyl sites for hydroxylation is 2. The van der Waals surface area contributed by atoms with E-state index in [1.54, 1.807) is 30.3 Å². The topological polar surface area (TPSA) is 89.5 Å². The monoisotopic (exact) mass is 407 g/mol. The van der Waals surface area contributed by atoms with E-state index in [9.17, 15) is 19.2 Å². The predicted octanol–water partition coefficient (Wildman–Crippen LogP) is 3.91. The molecule has 1 N–H and O–H groups in total. The van der Waals surface area contributed by atoms with Crippen LogP contribution in [-0.2, 0) is 27.2 Å². The molecule has 6 nitrogen and oxygen atoms in total. The Labute approximate surface area is 175 Å². The van der Waals surface area contributed by atoms with Crippen molar-refractivity contribution in [2.24, 2.45) is 0 Å². The van der Waals surface area contributed by atoms with Crippen molar-refractivity contribution in [2.45, 2.75) is 52.1 Å². The van der Waals surface area contributed by atoms with Gasteiger partial charge in [-0.2, -0.15) is 0 Å². The summed E-state index contributed by atoms with van der Waals surface area (Å²) in [6, 6.07) is 12.3. The van der Waals surface area contributed by atoms with Crippen LogP contribution in [0.3, 0.4) is 0 Å². The number of carbonyl (C=O) groups excluding carboxylic acids is 4. The van der Waals surface area contributed by atoms with Gasteiger partial charge >= 0.3 is 5.97 Å². The average molecular weight is 407 g/mol. The Hall–Kier alpha value is -3.28. The van der Waals surface area contributed by atoms with Crippen molar-refractivity contribution in [2.75, 3.05) is 5.32 Å². The van der Waals surface area contributed by atoms with Gasteiger partial charge in [-0.15, -0.1) is 0 Å². The molecule has 1 atom stereocenters. The molecular weight excluding hydrogens is 382 g/mol. The molecule has 30 heavy (non-hydrogen) atoms. The molecule has 0 aromatic heterocycles. The van der Waals surface area contributed by atoms with E-state index in [4.69, 9.17) is 4.74 Å². The zero-order valence-corrected chi connectivity index (χ0v) is 17.2. The van der Waals surface area contributed by atoms with Gasteiger partial charge in [-0.1, -0.05) is 24.3 Å². The van der Waals surface area contributed by atoms with Gasteiger partial charge in [-0.3, -0.25) is 19.2 Å². The lowest BCUT2D eigenvalue weighted by Gasteiger charge is -2.15. The molecule has 0 unspecified atom stereocenters. The van der Waals surface area contributed by atoms with Gasteiger partial charge in [0, 0.05) is 17.5 Å². The summed E-state index contributed by atoms with van der Waals surface area (Å²) in [5.74, 6) is -1.45. The van der Waals surface area contributed by atoms with E-state index < -0.39 is 18.0 Å². The van der Waals surface area contributed by atoms with E-state index in [1.807, 2.05) is 12.1 Å². The lowest BCUT2D eigenvalue weighted by atomic mass is 10.0. The maximum absolute atomic E-state index is 12.4. The number of carbonyl (C=O) groups is 4. The van der Waals surface area contributed by atoms with Crippen molar-refractivity contribution in [1.82, 2.24) is 0 Å². The number of ether oxygens (including phenoxy) is 1. The maximum atomic E-state index is 12.4. The molecule has 6 heteroatoms. The van der Waals surface area contributed by atoms with Crippen LogP contribution in [0.15, 0.2) is 42.5 Å². The van der Waals surface area contributed by atoms with Crippen molar-refractivity contribution in [1.29, 1.82) is 0 Å². The highest BCUT2D eigenvalue weighted by atomic mass is 16.5. The molecule has 2 aromatic carbocycles. The molecule has 156 valence electrons. The number of rotatable bonds is 8. The van der Waals surface area contributed by atoms with Gasteiger partial charge in [0.2, 0.25) is 0 Å². The molecular formula is C24H25NO5. The number of hydrogen-bond donors (Lipinski definition) is 1. The average Bonchev–Trinajstić information content (AvgIpc) is 3.20. The number of fused-ring (bicyclic) bond motifs is 1. The maximum Gasteiger partial charge on any atom is 0.307 e. The third-order valence-corrected chi connectivity index (χ3v) is 5.22. The molecule has 0 saturated carbocycles. The van der Waals surface area contributed by atoms with Gasteiger partial charge in [0.25, 0.3) is 5.91 Å². The summed E-state index contributed by atoms with van der Waals surface area (Å²) in [6.07, 6.45) is 2.02. The minimum absolute atomic E-state index is 0.0269. The third-order valence-electron chi connectivity index (χ3n) is 5.22. The Kier molecular flexibility index (Phi) is 6.77. The summed E-state index contributed by atoms with van der Waals surface area (Å²) < 4.78 is 5.16. The predicted molar refractivity (Wildman–Crippen MR) is 113 cm³/mol. The largest absolute Gasteiger partial charge is 0.453 e. The third kappa shape index (κ3) is 5.20. The first-order valence-corrected chi connectivity index (χ1v) is 10.1. The highest BCUT2D eigenvalue weighted by molar-refractivity contribution is 6.04. The number of ketones is 2. The molecule has 0 fully saturated rings. The molecule has 0 aliphatic heterocycles. The summed E-state index contributed by atoms with van der Waals surface area (Å²) in [6.45, 7) is 2.86. The minimum atomic E-state index is -1.05. The highest BCUT2D eigenvalue weighted by Crippen LogP contribution is 2.23. The highest BCUT2D eigenvalue weighted by Gasteiger charge is 2.21. The van der Waals surface area contributed by atoms with Gasteiger partial charge < -0.3 is 10.1 Å². The molecule has 0 heterocycles. The van der Waals surface area contributed by atoms with Crippen LogP contribution in [0.4, 0.5) is 5.69 Å². The van der Waals surface area contributed by atoms with Crippen LogP contribution in [0.5, 0.6) is 0 Å². The quantitative estimate of drug-likeness (QED) is 0.529. The standard InChI is InChI=1S/C24H25NO5/c1-15(26)20-8-3-4-9-21(20)25-24(29)16(2)30-23(28)13-12-22(27)19-11-10-17-6-5-7-18(17)14-19/h3-4,8-11,14,16H,5-7,12-13H2,1-2H3,(H,25,29)/t16-/m0/s1.